The molecule has 18 heavy (non-hydrogen) atoms. The number of nitrogens with one attached hydrogen (secondary N) is 1. The summed E-state index contributed by atoms with van der Waals surface area (Å²) < 4.78 is 0. The van der Waals surface area contributed by atoms with Crippen LogP contribution in [0.2, 0.25) is 0 Å². The highest BCUT2D eigenvalue weighted by atomic mass is 16.4. The number of nitrogens with zero attached hydrogens (tertiary/aromatic N) is 2. The van der Waals surface area contributed by atoms with Gasteiger partial charge in [0.25, 0.3) is 0 Å². The smallest absolute Gasteiger partial charge is 0.317 e. The first-order chi connectivity index (χ1) is 8.54. The molecule has 0 aromatic rings. The third kappa shape index (κ3) is 4.62. The van der Waals surface area contributed by atoms with Gasteiger partial charge in [-0.3, -0.25) is 19.4 Å². The lowest BCUT2D eigenvalue weighted by molar-refractivity contribution is -0.138. The van der Waals surface area contributed by atoms with Crippen LogP contribution >= 0.6 is 0 Å². The van der Waals surface area contributed by atoms with E-state index in [9.17, 15) is 9.59 Å². The molecular formula is C12H23N3O3. The second-order valence-electron chi connectivity index (χ2n) is 4.63. The number of aliphatic carboxylic acids is 1. The van der Waals surface area contributed by atoms with Crippen LogP contribution in [0, 0.1) is 0 Å². The van der Waals surface area contributed by atoms with Gasteiger partial charge in [-0.05, 0) is 20.3 Å². The van der Waals surface area contributed by atoms with E-state index in [1.165, 1.54) is 0 Å². The van der Waals surface area contributed by atoms with E-state index in [2.05, 4.69) is 10.2 Å². The summed E-state index contributed by atoms with van der Waals surface area (Å²) >= 11 is 0. The van der Waals surface area contributed by atoms with Gasteiger partial charge in [0.2, 0.25) is 5.91 Å². The van der Waals surface area contributed by atoms with Crippen LogP contribution in [0.25, 0.3) is 0 Å². The van der Waals surface area contributed by atoms with Gasteiger partial charge in [-0.15, -0.1) is 0 Å². The quantitative estimate of drug-likeness (QED) is 0.701. The van der Waals surface area contributed by atoms with E-state index in [0.717, 1.165) is 26.1 Å². The van der Waals surface area contributed by atoms with Crippen LogP contribution in [-0.4, -0.2) is 72.1 Å². The molecule has 2 N–H and O–H groups in total. The van der Waals surface area contributed by atoms with Crippen LogP contribution in [0.4, 0.5) is 0 Å². The van der Waals surface area contributed by atoms with Crippen molar-refractivity contribution in [2.75, 3.05) is 39.3 Å². The number of carbonyl (C=O) groups excluding carboxylic acids is 1. The predicted molar refractivity (Wildman–Crippen MR) is 68.4 cm³/mol. The normalized spacial score (nSPS) is 20.1. The fourth-order valence-corrected chi connectivity index (χ4v) is 2.22. The van der Waals surface area contributed by atoms with Crippen LogP contribution in [0.5, 0.6) is 0 Å². The summed E-state index contributed by atoms with van der Waals surface area (Å²) in [6.45, 7) is 7.60. The maximum atomic E-state index is 11.8. The Morgan fingerprint density at radius 3 is 2.61 bits per heavy atom. The average molecular weight is 257 g/mol. The number of carbonyl (C=O) groups is 2. The Bertz CT molecular complexity index is 296. The summed E-state index contributed by atoms with van der Waals surface area (Å²) in [7, 11) is 0. The summed E-state index contributed by atoms with van der Waals surface area (Å²) in [5, 5.41) is 11.6. The Kier molecular flexibility index (Phi) is 6.07. The van der Waals surface area contributed by atoms with Gasteiger partial charge in [0, 0.05) is 32.7 Å². The van der Waals surface area contributed by atoms with E-state index < -0.39 is 5.97 Å². The molecule has 0 aromatic carbocycles. The lowest BCUT2D eigenvalue weighted by Gasteiger charge is -2.26. The third-order valence-corrected chi connectivity index (χ3v) is 3.26. The molecule has 1 fully saturated rings. The van der Waals surface area contributed by atoms with E-state index in [4.69, 9.17) is 5.11 Å². The maximum absolute atomic E-state index is 11.8. The molecule has 1 rings (SSSR count). The molecule has 1 heterocycles. The molecule has 104 valence electrons. The molecule has 0 aromatic heterocycles. The van der Waals surface area contributed by atoms with Crippen LogP contribution in [0.3, 0.4) is 0 Å². The Labute approximate surface area is 108 Å². The summed E-state index contributed by atoms with van der Waals surface area (Å²) in [6, 6.07) is -0.144. The van der Waals surface area contributed by atoms with E-state index in [1.807, 2.05) is 18.7 Å². The number of likely N-dealkylation sites (N-methyl/N-ethyl adjacent to an activating group) is 1. The minimum Gasteiger partial charge on any atom is -0.480 e. The standard InChI is InChI=1S/C12H23N3O3/c1-3-13-12(18)10(2)15-6-4-5-14(7-8-15)9-11(16)17/h10H,3-9H2,1-2H3,(H,13,18)(H,16,17). The van der Waals surface area contributed by atoms with Crippen molar-refractivity contribution in [2.45, 2.75) is 26.3 Å². The van der Waals surface area contributed by atoms with E-state index in [-0.39, 0.29) is 18.5 Å². The SMILES string of the molecule is CCNC(=O)C(C)N1CCCN(CC(=O)O)CC1. The first-order valence-electron chi connectivity index (χ1n) is 6.50. The molecule has 1 amide bonds. The Morgan fingerprint density at radius 2 is 2.00 bits per heavy atom. The first-order valence-corrected chi connectivity index (χ1v) is 6.50. The van der Waals surface area contributed by atoms with Crippen LogP contribution in [0.1, 0.15) is 20.3 Å². The fourth-order valence-electron chi connectivity index (χ4n) is 2.22. The third-order valence-electron chi connectivity index (χ3n) is 3.26. The van der Waals surface area contributed by atoms with Gasteiger partial charge in [-0.2, -0.15) is 0 Å². The highest BCUT2D eigenvalue weighted by Gasteiger charge is 2.24. The lowest BCUT2D eigenvalue weighted by Crippen LogP contribution is -2.46. The van der Waals surface area contributed by atoms with Crippen molar-refractivity contribution >= 4 is 11.9 Å². The van der Waals surface area contributed by atoms with Gasteiger partial charge in [-0.25, -0.2) is 0 Å². The number of rotatable bonds is 5. The molecule has 0 saturated carbocycles. The van der Waals surface area contributed by atoms with Crippen molar-refractivity contribution in [3.05, 3.63) is 0 Å². The zero-order valence-corrected chi connectivity index (χ0v) is 11.2. The minimum atomic E-state index is -0.791. The lowest BCUT2D eigenvalue weighted by atomic mass is 10.2. The number of amides is 1. The van der Waals surface area contributed by atoms with Crippen LogP contribution < -0.4 is 5.32 Å². The van der Waals surface area contributed by atoms with E-state index in [1.54, 1.807) is 0 Å². The van der Waals surface area contributed by atoms with Crippen molar-refractivity contribution in [3.63, 3.8) is 0 Å². The first kappa shape index (κ1) is 14.9. The van der Waals surface area contributed by atoms with E-state index in [0.29, 0.717) is 13.1 Å². The average Bonchev–Trinajstić information content (AvgIpc) is 2.53. The number of carboxylic acids is 1. The topological polar surface area (TPSA) is 72.9 Å². The number of hydrogen-bond acceptors (Lipinski definition) is 4. The maximum Gasteiger partial charge on any atom is 0.317 e. The Balaban J connectivity index is 2.45. The zero-order valence-electron chi connectivity index (χ0n) is 11.2. The number of hydrogen-bond donors (Lipinski definition) is 2. The molecule has 6 nitrogen and oxygen atoms in total. The molecule has 0 radical (unpaired) electrons. The van der Waals surface area contributed by atoms with E-state index >= 15 is 0 Å². The molecule has 0 bridgehead atoms. The summed E-state index contributed by atoms with van der Waals surface area (Å²) in [4.78, 5) is 26.5. The second-order valence-corrected chi connectivity index (χ2v) is 4.63. The summed E-state index contributed by atoms with van der Waals surface area (Å²) in [5.41, 5.74) is 0. The van der Waals surface area contributed by atoms with Crippen molar-refractivity contribution in [1.82, 2.24) is 15.1 Å². The number of carboxylic acid groups (broad SMARTS) is 1. The molecule has 1 aliphatic heterocycles. The fraction of sp³-hybridized carbons (Fsp3) is 0.833. The second kappa shape index (κ2) is 7.33. The molecule has 1 unspecified atom stereocenters. The Hall–Kier alpha value is -1.14. The molecule has 1 atom stereocenters. The molecule has 1 aliphatic rings. The molecular weight excluding hydrogens is 234 g/mol. The largest absolute Gasteiger partial charge is 0.480 e. The van der Waals surface area contributed by atoms with Gasteiger partial charge >= 0.3 is 5.97 Å². The van der Waals surface area contributed by atoms with Crippen LogP contribution in [-0.2, 0) is 9.59 Å². The monoisotopic (exact) mass is 257 g/mol. The highest BCUT2D eigenvalue weighted by Crippen LogP contribution is 2.07. The van der Waals surface area contributed by atoms with Crippen molar-refractivity contribution in [3.8, 4) is 0 Å². The molecule has 1 saturated heterocycles. The highest BCUT2D eigenvalue weighted by molar-refractivity contribution is 5.81. The molecule has 0 aliphatic carbocycles. The van der Waals surface area contributed by atoms with Crippen LogP contribution in [0.15, 0.2) is 0 Å². The molecule has 0 spiro atoms. The minimum absolute atomic E-state index is 0.0455. The Morgan fingerprint density at radius 1 is 1.28 bits per heavy atom. The molecule has 6 heteroatoms. The summed E-state index contributed by atoms with van der Waals surface area (Å²) in [6.07, 6.45) is 0.900. The zero-order chi connectivity index (χ0) is 13.5. The van der Waals surface area contributed by atoms with Gasteiger partial charge in [0.15, 0.2) is 0 Å². The van der Waals surface area contributed by atoms with Gasteiger partial charge in [-0.1, -0.05) is 0 Å². The van der Waals surface area contributed by atoms with Crippen molar-refractivity contribution in [1.29, 1.82) is 0 Å². The van der Waals surface area contributed by atoms with Gasteiger partial charge < -0.3 is 10.4 Å². The van der Waals surface area contributed by atoms with Crippen molar-refractivity contribution < 1.29 is 14.7 Å². The van der Waals surface area contributed by atoms with Gasteiger partial charge in [0.1, 0.15) is 0 Å². The predicted octanol–water partition coefficient (Wildman–Crippen LogP) is -0.397. The summed E-state index contributed by atoms with van der Waals surface area (Å²) in [5.74, 6) is -0.746. The van der Waals surface area contributed by atoms with Gasteiger partial charge in [0.05, 0.1) is 12.6 Å². The van der Waals surface area contributed by atoms with Crippen molar-refractivity contribution in [2.24, 2.45) is 0 Å².